The smallest absolute Gasteiger partial charge is 0.165 e. The lowest BCUT2D eigenvalue weighted by Crippen LogP contribution is -2.40. The van der Waals surface area contributed by atoms with Gasteiger partial charge in [0.05, 0.1) is 17.4 Å². The quantitative estimate of drug-likeness (QED) is 0.464. The van der Waals surface area contributed by atoms with E-state index in [0.29, 0.717) is 23.9 Å². The van der Waals surface area contributed by atoms with Gasteiger partial charge in [-0.3, -0.25) is 10.3 Å². The Morgan fingerprint density at radius 2 is 2.12 bits per heavy atom. The number of aromatic nitrogens is 2. The number of hydrogen-bond acceptors (Lipinski definition) is 6. The van der Waals surface area contributed by atoms with Crippen molar-refractivity contribution in [1.29, 1.82) is 0 Å². The van der Waals surface area contributed by atoms with Crippen molar-refractivity contribution in [3.05, 3.63) is 46.3 Å². The molecule has 1 saturated carbocycles. The molecule has 7 nitrogen and oxygen atoms in total. The van der Waals surface area contributed by atoms with Crippen molar-refractivity contribution in [2.24, 2.45) is 5.92 Å². The molecule has 2 aromatic rings. The van der Waals surface area contributed by atoms with Gasteiger partial charge in [-0.2, -0.15) is 0 Å². The van der Waals surface area contributed by atoms with Crippen molar-refractivity contribution in [3.63, 3.8) is 0 Å². The van der Waals surface area contributed by atoms with Crippen molar-refractivity contribution in [2.45, 2.75) is 82.5 Å². The predicted octanol–water partition coefficient (Wildman–Crippen LogP) is 3.03. The van der Waals surface area contributed by atoms with Gasteiger partial charge in [-0.15, -0.1) is 0 Å². The molecule has 0 radical (unpaired) electrons. The fourth-order valence-electron chi connectivity index (χ4n) is 6.82. The summed E-state index contributed by atoms with van der Waals surface area (Å²) >= 11 is 0. The highest BCUT2D eigenvalue weighted by molar-refractivity contribution is 5.39. The minimum Gasteiger partial charge on any atom is -0.505 e. The number of fused-ring (bicyclic) bond motifs is 2. The van der Waals surface area contributed by atoms with Crippen molar-refractivity contribution < 1.29 is 9.50 Å². The minimum atomic E-state index is -0.511. The summed E-state index contributed by atoms with van der Waals surface area (Å²) in [6, 6.07) is 4.32. The van der Waals surface area contributed by atoms with Gasteiger partial charge in [-0.05, 0) is 80.2 Å². The zero-order chi connectivity index (χ0) is 23.2. The number of nitrogens with one attached hydrogen (secondary N) is 4. The van der Waals surface area contributed by atoms with E-state index in [1.54, 1.807) is 12.1 Å². The van der Waals surface area contributed by atoms with Crippen molar-refractivity contribution in [3.8, 4) is 5.75 Å². The van der Waals surface area contributed by atoms with E-state index in [1.165, 1.54) is 24.2 Å². The normalized spacial score (nSPS) is 31.5. The molecule has 1 aromatic carbocycles. The maximum atomic E-state index is 14.2. The molecule has 0 amide bonds. The second-order valence-electron chi connectivity index (χ2n) is 10.7. The summed E-state index contributed by atoms with van der Waals surface area (Å²) in [6.07, 6.45) is 7.46. The van der Waals surface area contributed by atoms with Gasteiger partial charge in [0.25, 0.3) is 0 Å². The highest BCUT2D eigenvalue weighted by Gasteiger charge is 2.43. The first kappa shape index (κ1) is 22.5. The summed E-state index contributed by atoms with van der Waals surface area (Å²) < 4.78 is 14.2. The summed E-state index contributed by atoms with van der Waals surface area (Å²) in [5.41, 5.74) is 11.7. The number of aryl methyl sites for hydroxylation is 1. The number of aromatic hydroxyl groups is 1. The van der Waals surface area contributed by atoms with E-state index in [9.17, 15) is 9.50 Å². The SMILES string of the molecule is CCc1cc(O)c(F)cc1C1CCC2C(C1)NNC2c1nc2c([nH]1)CN(C[C@@H]1CCCN1)CC2. The standard InChI is InChI=1S/C26H37FN6O/c1-2-15-11-24(34)20(27)12-19(15)16-5-6-18-22(10-16)31-32-25(18)26-29-21-7-9-33(14-23(21)30-26)13-17-4-3-8-28-17/h11-12,16-18,22,25,28,31-32,34H,2-10,13-14H2,1H3,(H,29,30)/t16?,17-,18?,22?,25?/m0/s1. The lowest BCUT2D eigenvalue weighted by Gasteiger charge is -2.33. The molecule has 3 fully saturated rings. The number of hydrazine groups is 1. The lowest BCUT2D eigenvalue weighted by molar-refractivity contribution is 0.228. The van der Waals surface area contributed by atoms with Crippen LogP contribution in [0.15, 0.2) is 12.1 Å². The summed E-state index contributed by atoms with van der Waals surface area (Å²) in [6.45, 7) is 6.40. The number of nitrogens with zero attached hydrogens (tertiary/aromatic N) is 2. The Morgan fingerprint density at radius 3 is 2.94 bits per heavy atom. The van der Waals surface area contributed by atoms with Gasteiger partial charge in [0, 0.05) is 38.1 Å². The summed E-state index contributed by atoms with van der Waals surface area (Å²) in [5.74, 6) is 1.09. The van der Waals surface area contributed by atoms with Gasteiger partial charge in [-0.25, -0.2) is 14.8 Å². The van der Waals surface area contributed by atoms with E-state index in [1.807, 2.05) is 0 Å². The molecule has 3 aliphatic heterocycles. The third-order valence-corrected chi connectivity index (χ3v) is 8.65. The second-order valence-corrected chi connectivity index (χ2v) is 10.7. The van der Waals surface area contributed by atoms with Gasteiger partial charge >= 0.3 is 0 Å². The number of H-pyrrole nitrogens is 1. The van der Waals surface area contributed by atoms with Crippen LogP contribution in [0.2, 0.25) is 0 Å². The van der Waals surface area contributed by atoms with E-state index >= 15 is 0 Å². The highest BCUT2D eigenvalue weighted by Crippen LogP contribution is 2.44. The largest absolute Gasteiger partial charge is 0.505 e. The summed E-state index contributed by atoms with van der Waals surface area (Å²) in [7, 11) is 0. The van der Waals surface area contributed by atoms with Crippen molar-refractivity contribution in [2.75, 3.05) is 19.6 Å². The average Bonchev–Trinajstić information content (AvgIpc) is 3.59. The van der Waals surface area contributed by atoms with E-state index in [-0.39, 0.29) is 11.8 Å². The Labute approximate surface area is 200 Å². The van der Waals surface area contributed by atoms with Crippen LogP contribution in [0.5, 0.6) is 5.75 Å². The number of rotatable bonds is 5. The van der Waals surface area contributed by atoms with E-state index < -0.39 is 5.82 Å². The molecule has 1 aliphatic carbocycles. The molecule has 0 bridgehead atoms. The Balaban J connectivity index is 1.13. The van der Waals surface area contributed by atoms with Crippen LogP contribution in [0.1, 0.15) is 79.3 Å². The topological polar surface area (TPSA) is 88.2 Å². The maximum Gasteiger partial charge on any atom is 0.165 e. The molecule has 1 aromatic heterocycles. The highest BCUT2D eigenvalue weighted by atomic mass is 19.1. The van der Waals surface area contributed by atoms with Gasteiger partial charge in [0.1, 0.15) is 5.82 Å². The fraction of sp³-hybridized carbons (Fsp3) is 0.654. The molecule has 4 heterocycles. The molecule has 4 unspecified atom stereocenters. The average molecular weight is 469 g/mol. The zero-order valence-electron chi connectivity index (χ0n) is 20.0. The number of halogens is 1. The number of aromatic amines is 1. The third-order valence-electron chi connectivity index (χ3n) is 8.65. The van der Waals surface area contributed by atoms with Crippen LogP contribution in [0, 0.1) is 11.7 Å². The molecule has 4 aliphatic rings. The van der Waals surface area contributed by atoms with Crippen molar-refractivity contribution in [1.82, 2.24) is 31.0 Å². The first-order chi connectivity index (χ1) is 16.6. The molecular formula is C26H37FN6O. The first-order valence-electron chi connectivity index (χ1n) is 13.1. The Bertz CT molecular complexity index is 1030. The van der Waals surface area contributed by atoms with Gasteiger partial charge in [0.2, 0.25) is 0 Å². The van der Waals surface area contributed by atoms with E-state index in [4.69, 9.17) is 4.98 Å². The molecule has 5 N–H and O–H groups in total. The summed E-state index contributed by atoms with van der Waals surface area (Å²) in [4.78, 5) is 11.3. The molecular weight excluding hydrogens is 431 g/mol. The number of phenols is 1. The Hall–Kier alpha value is -2.00. The van der Waals surface area contributed by atoms with Crippen LogP contribution in [0.25, 0.3) is 0 Å². The number of hydrogen-bond donors (Lipinski definition) is 5. The fourth-order valence-corrected chi connectivity index (χ4v) is 6.82. The third kappa shape index (κ3) is 4.15. The van der Waals surface area contributed by atoms with Crippen LogP contribution >= 0.6 is 0 Å². The number of phenolic OH excluding ortho intramolecular Hbond substituents is 1. The Morgan fingerprint density at radius 1 is 1.21 bits per heavy atom. The lowest BCUT2D eigenvalue weighted by atomic mass is 9.73. The van der Waals surface area contributed by atoms with E-state index in [0.717, 1.165) is 75.2 Å². The van der Waals surface area contributed by atoms with E-state index in [2.05, 4.69) is 33.0 Å². The molecule has 5 atom stereocenters. The molecule has 184 valence electrons. The molecule has 2 saturated heterocycles. The van der Waals surface area contributed by atoms with Crippen LogP contribution < -0.4 is 16.2 Å². The van der Waals surface area contributed by atoms with Gasteiger partial charge in [0.15, 0.2) is 11.6 Å². The maximum absolute atomic E-state index is 14.2. The number of benzene rings is 1. The van der Waals surface area contributed by atoms with Crippen LogP contribution in [0.4, 0.5) is 4.39 Å². The van der Waals surface area contributed by atoms with Gasteiger partial charge < -0.3 is 15.4 Å². The number of imidazole rings is 1. The van der Waals surface area contributed by atoms with Crippen LogP contribution in [-0.2, 0) is 19.4 Å². The van der Waals surface area contributed by atoms with Crippen molar-refractivity contribution >= 4 is 0 Å². The molecule has 34 heavy (non-hydrogen) atoms. The second kappa shape index (κ2) is 9.22. The summed E-state index contributed by atoms with van der Waals surface area (Å²) in [5, 5.41) is 13.4. The Kier molecular flexibility index (Phi) is 6.09. The van der Waals surface area contributed by atoms with Crippen LogP contribution in [-0.4, -0.2) is 51.7 Å². The zero-order valence-corrected chi connectivity index (χ0v) is 20.0. The van der Waals surface area contributed by atoms with Crippen LogP contribution in [0.3, 0.4) is 0 Å². The minimum absolute atomic E-state index is 0.184. The molecule has 8 heteroatoms. The molecule has 0 spiro atoms. The molecule has 6 rings (SSSR count). The monoisotopic (exact) mass is 468 g/mol. The predicted molar refractivity (Wildman–Crippen MR) is 129 cm³/mol. The van der Waals surface area contributed by atoms with Gasteiger partial charge in [-0.1, -0.05) is 6.92 Å². The first-order valence-corrected chi connectivity index (χ1v) is 13.1.